The molecule has 0 unspecified atom stereocenters. The summed E-state index contributed by atoms with van der Waals surface area (Å²) < 4.78 is 12.8. The van der Waals surface area contributed by atoms with E-state index in [0.717, 1.165) is 39.3 Å². The molecular formula is C29H27N5O3. The zero-order valence-corrected chi connectivity index (χ0v) is 20.5. The van der Waals surface area contributed by atoms with Crippen LogP contribution in [0.3, 0.4) is 0 Å². The van der Waals surface area contributed by atoms with Gasteiger partial charge >= 0.3 is 5.97 Å². The number of fused-ring (bicyclic) bond motifs is 1. The molecule has 3 aromatic carbocycles. The van der Waals surface area contributed by atoms with Crippen molar-refractivity contribution in [3.63, 3.8) is 0 Å². The van der Waals surface area contributed by atoms with Crippen LogP contribution in [0.4, 0.5) is 5.95 Å². The number of methoxy groups -OCH3 is 1. The Kier molecular flexibility index (Phi) is 6.72. The van der Waals surface area contributed by atoms with Crippen molar-refractivity contribution >= 4 is 28.7 Å². The second-order valence-corrected chi connectivity index (χ2v) is 8.55. The second kappa shape index (κ2) is 10.4. The number of hydrogen-bond donors (Lipinski definition) is 1. The molecule has 0 saturated carbocycles. The zero-order chi connectivity index (χ0) is 25.8. The van der Waals surface area contributed by atoms with Gasteiger partial charge in [-0.25, -0.2) is 9.78 Å². The number of aromatic nitrogens is 2. The van der Waals surface area contributed by atoms with Crippen LogP contribution in [-0.4, -0.2) is 40.0 Å². The van der Waals surface area contributed by atoms with Gasteiger partial charge in [0.25, 0.3) is 0 Å². The molecular weight excluding hydrogens is 466 g/mol. The third-order valence-electron chi connectivity index (χ3n) is 6.07. The first-order chi connectivity index (χ1) is 18.0. The third kappa shape index (κ3) is 5.23. The molecule has 1 aliphatic rings. The number of imidazole rings is 1. The van der Waals surface area contributed by atoms with Crippen LogP contribution in [0.2, 0.25) is 0 Å². The number of carbonyl (C=O) groups excluding carboxylic acids is 1. The topological polar surface area (TPSA) is 95.0 Å². The monoisotopic (exact) mass is 493 g/mol. The molecule has 1 aliphatic heterocycles. The second-order valence-electron chi connectivity index (χ2n) is 8.55. The lowest BCUT2D eigenvalue weighted by Gasteiger charge is -2.24. The molecule has 8 heteroatoms. The van der Waals surface area contributed by atoms with Crippen LogP contribution in [0.5, 0.6) is 5.75 Å². The maximum absolute atomic E-state index is 11.9. The van der Waals surface area contributed by atoms with Gasteiger partial charge in [0.2, 0.25) is 5.95 Å². The van der Waals surface area contributed by atoms with Crippen LogP contribution < -0.4 is 10.5 Å². The van der Waals surface area contributed by atoms with E-state index in [4.69, 9.17) is 20.3 Å². The SMILES string of the molecule is C=C1C=CC(c2cccc(OCCn3c(N)nc4ccccc43)c2)=NN1Cc1cccc(C(=O)OC)c1. The Hall–Kier alpha value is -4.85. The van der Waals surface area contributed by atoms with Crippen molar-refractivity contribution in [1.29, 1.82) is 0 Å². The van der Waals surface area contributed by atoms with Gasteiger partial charge in [0.1, 0.15) is 12.4 Å². The summed E-state index contributed by atoms with van der Waals surface area (Å²) in [5, 5.41) is 6.61. The Labute approximate surface area is 214 Å². The Bertz CT molecular complexity index is 1540. The first-order valence-electron chi connectivity index (χ1n) is 11.9. The lowest BCUT2D eigenvalue weighted by molar-refractivity contribution is 0.0600. The Morgan fingerprint density at radius 3 is 2.73 bits per heavy atom. The van der Waals surface area contributed by atoms with Crippen molar-refractivity contribution in [3.8, 4) is 5.75 Å². The number of hydrazone groups is 1. The fraction of sp³-hybridized carbons (Fsp3) is 0.138. The predicted octanol–water partition coefficient (Wildman–Crippen LogP) is 4.77. The summed E-state index contributed by atoms with van der Waals surface area (Å²) in [4.78, 5) is 16.3. The van der Waals surface area contributed by atoms with Gasteiger partial charge in [-0.3, -0.25) is 5.01 Å². The molecule has 0 aliphatic carbocycles. The van der Waals surface area contributed by atoms with Crippen LogP contribution in [-0.2, 0) is 17.8 Å². The van der Waals surface area contributed by atoms with Gasteiger partial charge < -0.3 is 19.8 Å². The summed E-state index contributed by atoms with van der Waals surface area (Å²) in [6.45, 7) is 5.59. The summed E-state index contributed by atoms with van der Waals surface area (Å²) in [6, 6.07) is 23.0. The molecule has 2 N–H and O–H groups in total. The van der Waals surface area contributed by atoms with E-state index in [2.05, 4.69) is 11.6 Å². The van der Waals surface area contributed by atoms with Crippen LogP contribution in [0, 0.1) is 0 Å². The van der Waals surface area contributed by atoms with Crippen LogP contribution in [0.1, 0.15) is 21.5 Å². The van der Waals surface area contributed by atoms with Gasteiger partial charge in [0.15, 0.2) is 0 Å². The van der Waals surface area contributed by atoms with Crippen LogP contribution >= 0.6 is 0 Å². The van der Waals surface area contributed by atoms with Crippen molar-refractivity contribution in [1.82, 2.24) is 14.6 Å². The Balaban J connectivity index is 1.28. The van der Waals surface area contributed by atoms with Gasteiger partial charge in [0, 0.05) is 5.56 Å². The van der Waals surface area contributed by atoms with E-state index in [1.54, 1.807) is 12.1 Å². The molecule has 2 heterocycles. The minimum atomic E-state index is -0.371. The predicted molar refractivity (Wildman–Crippen MR) is 144 cm³/mol. The number of anilines is 1. The molecule has 4 aromatic rings. The van der Waals surface area contributed by atoms with E-state index >= 15 is 0 Å². The Morgan fingerprint density at radius 2 is 1.86 bits per heavy atom. The van der Waals surface area contributed by atoms with Gasteiger partial charge in [-0.2, -0.15) is 5.10 Å². The standard InChI is InChI=1S/C29H27N5O3/c1-20-13-14-25(32-34(20)19-21-7-5-9-23(17-21)28(35)36-2)22-8-6-10-24(18-22)37-16-15-33-27-12-4-3-11-26(27)31-29(33)30/h3-14,17-18H,1,15-16,19H2,2H3,(H2,30,31). The lowest BCUT2D eigenvalue weighted by Crippen LogP contribution is -2.21. The lowest BCUT2D eigenvalue weighted by atomic mass is 10.1. The number of carbonyl (C=O) groups is 1. The fourth-order valence-electron chi connectivity index (χ4n) is 4.20. The average molecular weight is 494 g/mol. The Morgan fingerprint density at radius 1 is 1.03 bits per heavy atom. The summed E-state index contributed by atoms with van der Waals surface area (Å²) in [5.41, 5.74) is 11.8. The number of para-hydroxylation sites is 2. The van der Waals surface area contributed by atoms with E-state index in [1.807, 2.05) is 82.4 Å². The molecule has 1 aromatic heterocycles. The zero-order valence-electron chi connectivity index (χ0n) is 20.5. The van der Waals surface area contributed by atoms with Crippen molar-refractivity contribution in [2.75, 3.05) is 19.5 Å². The number of nitrogens with zero attached hydrogens (tertiary/aromatic N) is 4. The highest BCUT2D eigenvalue weighted by Gasteiger charge is 2.15. The highest BCUT2D eigenvalue weighted by atomic mass is 16.5. The van der Waals surface area contributed by atoms with E-state index in [9.17, 15) is 4.79 Å². The molecule has 5 rings (SSSR count). The van der Waals surface area contributed by atoms with Gasteiger partial charge in [0.05, 0.1) is 48.2 Å². The van der Waals surface area contributed by atoms with E-state index < -0.39 is 0 Å². The van der Waals surface area contributed by atoms with E-state index in [-0.39, 0.29) is 5.97 Å². The number of rotatable bonds is 8. The van der Waals surface area contributed by atoms with Crippen LogP contribution in [0.25, 0.3) is 11.0 Å². The van der Waals surface area contributed by atoms with Crippen molar-refractivity contribution in [2.24, 2.45) is 5.10 Å². The quantitative estimate of drug-likeness (QED) is 0.355. The fourth-order valence-corrected chi connectivity index (χ4v) is 4.20. The van der Waals surface area contributed by atoms with Crippen LogP contribution in [0.15, 0.2) is 102 Å². The first-order valence-corrected chi connectivity index (χ1v) is 11.9. The number of hydrogen-bond acceptors (Lipinski definition) is 7. The van der Waals surface area contributed by atoms with E-state index in [1.165, 1.54) is 7.11 Å². The molecule has 8 nitrogen and oxygen atoms in total. The molecule has 37 heavy (non-hydrogen) atoms. The molecule has 0 fully saturated rings. The van der Waals surface area contributed by atoms with Gasteiger partial charge in [-0.05, 0) is 54.1 Å². The minimum Gasteiger partial charge on any atom is -0.492 e. The third-order valence-corrected chi connectivity index (χ3v) is 6.07. The first kappa shape index (κ1) is 23.9. The average Bonchev–Trinajstić information content (AvgIpc) is 3.24. The minimum absolute atomic E-state index is 0.371. The number of allylic oxidation sites excluding steroid dienone is 2. The number of benzene rings is 3. The molecule has 0 saturated heterocycles. The highest BCUT2D eigenvalue weighted by molar-refractivity contribution is 6.09. The summed E-state index contributed by atoms with van der Waals surface area (Å²) in [7, 11) is 1.37. The largest absolute Gasteiger partial charge is 0.492 e. The molecule has 0 bridgehead atoms. The van der Waals surface area contributed by atoms with Gasteiger partial charge in [-0.15, -0.1) is 0 Å². The molecule has 0 atom stereocenters. The summed E-state index contributed by atoms with van der Waals surface area (Å²) >= 11 is 0. The van der Waals surface area contributed by atoms with Crippen molar-refractivity contribution < 1.29 is 14.3 Å². The molecule has 186 valence electrons. The molecule has 0 radical (unpaired) electrons. The number of nitrogens with two attached hydrogens (primary N) is 1. The molecule has 0 amide bonds. The summed E-state index contributed by atoms with van der Waals surface area (Å²) in [5.74, 6) is 0.833. The molecule has 0 spiro atoms. The maximum Gasteiger partial charge on any atom is 0.337 e. The normalized spacial score (nSPS) is 13.1. The highest BCUT2D eigenvalue weighted by Crippen LogP contribution is 2.22. The number of nitrogen functional groups attached to an aromatic ring is 1. The maximum atomic E-state index is 11.9. The summed E-state index contributed by atoms with van der Waals surface area (Å²) in [6.07, 6.45) is 3.86. The number of esters is 1. The smallest absolute Gasteiger partial charge is 0.337 e. The van der Waals surface area contributed by atoms with Crippen molar-refractivity contribution in [2.45, 2.75) is 13.1 Å². The number of ether oxygens (including phenoxy) is 2. The van der Waals surface area contributed by atoms with E-state index in [0.29, 0.717) is 31.2 Å². The van der Waals surface area contributed by atoms with Crippen molar-refractivity contribution in [3.05, 3.63) is 114 Å². The van der Waals surface area contributed by atoms with Gasteiger partial charge in [-0.1, -0.05) is 43.0 Å².